The normalized spacial score (nSPS) is 14.7. The van der Waals surface area contributed by atoms with Crippen LogP contribution in [-0.4, -0.2) is 35.7 Å². The van der Waals surface area contributed by atoms with Crippen molar-refractivity contribution in [3.8, 4) is 0 Å². The molecule has 1 fully saturated rings. The van der Waals surface area contributed by atoms with E-state index in [0.717, 1.165) is 12.0 Å². The average Bonchev–Trinajstić information content (AvgIpc) is 3.07. The molecule has 0 aromatic heterocycles. The summed E-state index contributed by atoms with van der Waals surface area (Å²) in [5.74, 6) is 0.0565. The van der Waals surface area contributed by atoms with Crippen molar-refractivity contribution < 1.29 is 14.4 Å². The third-order valence-corrected chi connectivity index (χ3v) is 4.61. The summed E-state index contributed by atoms with van der Waals surface area (Å²) in [5, 5.41) is 5.72. The van der Waals surface area contributed by atoms with E-state index in [1.807, 2.05) is 30.3 Å². The van der Waals surface area contributed by atoms with E-state index in [9.17, 15) is 14.4 Å². The van der Waals surface area contributed by atoms with Gasteiger partial charge < -0.3 is 15.5 Å². The van der Waals surface area contributed by atoms with Crippen molar-refractivity contribution in [1.29, 1.82) is 0 Å². The van der Waals surface area contributed by atoms with Crippen LogP contribution in [0.15, 0.2) is 54.6 Å². The molecule has 6 nitrogen and oxygen atoms in total. The van der Waals surface area contributed by atoms with Gasteiger partial charge in [-0.2, -0.15) is 0 Å². The third kappa shape index (κ3) is 4.94. The first-order valence-electron chi connectivity index (χ1n) is 9.04. The standard InChI is InChI=1S/C21H23N3O3/c1-15(25)17-9-5-10-18(13-17)22-21(27)23-19(16-7-3-2-4-8-16)14-24-12-6-11-20(24)26/h2-5,7-10,13,19H,6,11-12,14H2,1H3,(H2,22,23,27). The fourth-order valence-corrected chi connectivity index (χ4v) is 3.18. The van der Waals surface area contributed by atoms with Crippen molar-refractivity contribution in [2.45, 2.75) is 25.8 Å². The maximum absolute atomic E-state index is 12.5. The summed E-state index contributed by atoms with van der Waals surface area (Å²) in [5.41, 5.74) is 2.02. The van der Waals surface area contributed by atoms with Crippen LogP contribution in [0.3, 0.4) is 0 Å². The Hall–Kier alpha value is -3.15. The van der Waals surface area contributed by atoms with Crippen molar-refractivity contribution in [2.75, 3.05) is 18.4 Å². The van der Waals surface area contributed by atoms with Crippen LogP contribution in [0.4, 0.5) is 10.5 Å². The summed E-state index contributed by atoms with van der Waals surface area (Å²) in [6, 6.07) is 15.7. The van der Waals surface area contributed by atoms with Crippen molar-refractivity contribution in [3.63, 3.8) is 0 Å². The highest BCUT2D eigenvalue weighted by molar-refractivity contribution is 5.96. The summed E-state index contributed by atoms with van der Waals surface area (Å²) in [6.45, 7) is 2.63. The number of nitrogens with one attached hydrogen (secondary N) is 2. The smallest absolute Gasteiger partial charge is 0.319 e. The lowest BCUT2D eigenvalue weighted by Gasteiger charge is -2.25. The summed E-state index contributed by atoms with van der Waals surface area (Å²) in [6.07, 6.45) is 1.41. The Morgan fingerprint density at radius 3 is 2.56 bits per heavy atom. The first-order chi connectivity index (χ1) is 13.0. The van der Waals surface area contributed by atoms with Crippen molar-refractivity contribution in [3.05, 3.63) is 65.7 Å². The molecule has 1 aliphatic heterocycles. The van der Waals surface area contributed by atoms with E-state index < -0.39 is 0 Å². The number of anilines is 1. The van der Waals surface area contributed by atoms with Gasteiger partial charge in [-0.25, -0.2) is 4.79 Å². The molecule has 0 bridgehead atoms. The van der Waals surface area contributed by atoms with Crippen LogP contribution in [-0.2, 0) is 4.79 Å². The van der Waals surface area contributed by atoms with Gasteiger partial charge in [-0.05, 0) is 31.0 Å². The number of nitrogens with zero attached hydrogens (tertiary/aromatic N) is 1. The number of Topliss-reactive ketones (excluding diaryl/α,β-unsaturated/α-hetero) is 1. The predicted molar refractivity (Wildman–Crippen MR) is 104 cm³/mol. The highest BCUT2D eigenvalue weighted by Crippen LogP contribution is 2.19. The second-order valence-corrected chi connectivity index (χ2v) is 6.64. The number of urea groups is 1. The molecule has 3 rings (SSSR count). The zero-order valence-electron chi connectivity index (χ0n) is 15.3. The maximum atomic E-state index is 12.5. The number of carbonyl (C=O) groups is 3. The second kappa shape index (κ2) is 8.49. The van der Waals surface area contributed by atoms with Gasteiger partial charge in [0.2, 0.25) is 5.91 Å². The van der Waals surface area contributed by atoms with Gasteiger partial charge in [0.25, 0.3) is 0 Å². The van der Waals surface area contributed by atoms with E-state index in [4.69, 9.17) is 0 Å². The quantitative estimate of drug-likeness (QED) is 0.771. The van der Waals surface area contributed by atoms with Gasteiger partial charge in [0.05, 0.1) is 6.04 Å². The van der Waals surface area contributed by atoms with Crippen LogP contribution in [0.2, 0.25) is 0 Å². The molecule has 1 aliphatic rings. The molecule has 27 heavy (non-hydrogen) atoms. The maximum Gasteiger partial charge on any atom is 0.319 e. The number of rotatable bonds is 6. The molecule has 1 heterocycles. The molecular weight excluding hydrogens is 342 g/mol. The molecule has 3 amide bonds. The number of hydrogen-bond donors (Lipinski definition) is 2. The lowest BCUT2D eigenvalue weighted by Crippen LogP contribution is -2.40. The summed E-state index contributed by atoms with van der Waals surface area (Å²) < 4.78 is 0. The number of benzene rings is 2. The Labute approximate surface area is 158 Å². The minimum atomic E-state index is -0.379. The first kappa shape index (κ1) is 18.6. The van der Waals surface area contributed by atoms with E-state index in [0.29, 0.717) is 30.8 Å². The predicted octanol–water partition coefficient (Wildman–Crippen LogP) is 3.37. The van der Waals surface area contributed by atoms with E-state index in [2.05, 4.69) is 10.6 Å². The number of ketones is 1. The fraction of sp³-hybridized carbons (Fsp3) is 0.286. The van der Waals surface area contributed by atoms with Crippen LogP contribution in [0, 0.1) is 0 Å². The number of likely N-dealkylation sites (tertiary alicyclic amines) is 1. The molecule has 0 aliphatic carbocycles. The van der Waals surface area contributed by atoms with Gasteiger partial charge in [0.15, 0.2) is 5.78 Å². The summed E-state index contributed by atoms with van der Waals surface area (Å²) in [4.78, 5) is 37.8. The van der Waals surface area contributed by atoms with Gasteiger partial charge in [0.1, 0.15) is 0 Å². The summed E-state index contributed by atoms with van der Waals surface area (Å²) in [7, 11) is 0. The minimum Gasteiger partial charge on any atom is -0.340 e. The third-order valence-electron chi connectivity index (χ3n) is 4.61. The molecule has 2 aromatic rings. The lowest BCUT2D eigenvalue weighted by molar-refractivity contribution is -0.128. The molecule has 6 heteroatoms. The zero-order chi connectivity index (χ0) is 19.2. The topological polar surface area (TPSA) is 78.5 Å². The monoisotopic (exact) mass is 365 g/mol. The van der Waals surface area contributed by atoms with Gasteiger partial charge in [-0.3, -0.25) is 9.59 Å². The van der Waals surface area contributed by atoms with Gasteiger partial charge in [-0.1, -0.05) is 42.5 Å². The molecule has 2 N–H and O–H groups in total. The Bertz CT molecular complexity index is 836. The van der Waals surface area contributed by atoms with Crippen molar-refractivity contribution >= 4 is 23.4 Å². The van der Waals surface area contributed by atoms with Crippen LogP contribution in [0.1, 0.15) is 41.7 Å². The van der Waals surface area contributed by atoms with Crippen molar-refractivity contribution in [1.82, 2.24) is 10.2 Å². The first-order valence-corrected chi connectivity index (χ1v) is 9.04. The van der Waals surface area contributed by atoms with Crippen LogP contribution < -0.4 is 10.6 Å². The van der Waals surface area contributed by atoms with Gasteiger partial charge >= 0.3 is 6.03 Å². The molecule has 1 atom stereocenters. The molecule has 0 spiro atoms. The molecule has 2 aromatic carbocycles. The zero-order valence-corrected chi connectivity index (χ0v) is 15.3. The number of carbonyl (C=O) groups excluding carboxylic acids is 3. The highest BCUT2D eigenvalue weighted by Gasteiger charge is 2.25. The average molecular weight is 365 g/mol. The van der Waals surface area contributed by atoms with Crippen LogP contribution in [0.25, 0.3) is 0 Å². The number of amides is 3. The van der Waals surface area contributed by atoms with Crippen LogP contribution >= 0.6 is 0 Å². The second-order valence-electron chi connectivity index (χ2n) is 6.64. The summed E-state index contributed by atoms with van der Waals surface area (Å²) >= 11 is 0. The Morgan fingerprint density at radius 1 is 1.11 bits per heavy atom. The molecule has 1 unspecified atom stereocenters. The molecular formula is C21H23N3O3. The van der Waals surface area contributed by atoms with E-state index >= 15 is 0 Å². The lowest BCUT2D eigenvalue weighted by atomic mass is 10.1. The number of hydrogen-bond acceptors (Lipinski definition) is 3. The molecule has 0 saturated carbocycles. The molecule has 0 radical (unpaired) electrons. The van der Waals surface area contributed by atoms with Gasteiger partial charge in [0, 0.05) is 30.8 Å². The largest absolute Gasteiger partial charge is 0.340 e. The van der Waals surface area contributed by atoms with E-state index in [1.165, 1.54) is 6.92 Å². The van der Waals surface area contributed by atoms with Crippen molar-refractivity contribution in [2.24, 2.45) is 0 Å². The highest BCUT2D eigenvalue weighted by atomic mass is 16.2. The van der Waals surface area contributed by atoms with E-state index in [-0.39, 0.29) is 23.8 Å². The fourth-order valence-electron chi connectivity index (χ4n) is 3.18. The van der Waals surface area contributed by atoms with Gasteiger partial charge in [-0.15, -0.1) is 0 Å². The van der Waals surface area contributed by atoms with E-state index in [1.54, 1.807) is 29.2 Å². The Balaban J connectivity index is 1.71. The molecule has 140 valence electrons. The Morgan fingerprint density at radius 2 is 1.89 bits per heavy atom. The molecule has 1 saturated heterocycles. The minimum absolute atomic E-state index is 0.0613. The Kier molecular flexibility index (Phi) is 5.86. The van der Waals surface area contributed by atoms with Crippen LogP contribution in [0.5, 0.6) is 0 Å². The SMILES string of the molecule is CC(=O)c1cccc(NC(=O)NC(CN2CCCC2=O)c2ccccc2)c1.